The quantitative estimate of drug-likeness (QED) is 0.701. The summed E-state index contributed by atoms with van der Waals surface area (Å²) in [5.74, 6) is 0. The van der Waals surface area contributed by atoms with Gasteiger partial charge in [0.15, 0.2) is 0 Å². The van der Waals surface area contributed by atoms with E-state index in [9.17, 15) is 0 Å². The zero-order valence-electron chi connectivity index (χ0n) is 7.64. The maximum atomic E-state index is 3.65. The van der Waals surface area contributed by atoms with Gasteiger partial charge in [0, 0.05) is 9.70 Å². The van der Waals surface area contributed by atoms with Crippen LogP contribution in [0.1, 0.15) is 30.2 Å². The molecule has 12 heavy (non-hydrogen) atoms. The number of rotatable bonds is 4. The maximum absolute atomic E-state index is 3.65. The highest BCUT2D eigenvalue weighted by molar-refractivity contribution is 9.09. The van der Waals surface area contributed by atoms with Crippen molar-refractivity contribution in [3.8, 4) is 0 Å². The minimum Gasteiger partial charge on any atom is -0.149 e. The molecule has 0 fully saturated rings. The fraction of sp³-hybridized carbons (Fsp3) is 0.600. The number of thiophene rings is 1. The van der Waals surface area contributed by atoms with Crippen molar-refractivity contribution in [2.24, 2.45) is 0 Å². The standard InChI is InChI=1S/C10H15BrS/c1-3-10(11)5-4-9-6-7-12-8(9)2/h6-7,10H,3-5H2,1-2H3. The summed E-state index contributed by atoms with van der Waals surface area (Å²) in [4.78, 5) is 2.17. The van der Waals surface area contributed by atoms with Gasteiger partial charge in [-0.2, -0.15) is 0 Å². The summed E-state index contributed by atoms with van der Waals surface area (Å²) in [6, 6.07) is 2.25. The van der Waals surface area contributed by atoms with Crippen LogP contribution in [0, 0.1) is 6.92 Å². The largest absolute Gasteiger partial charge is 0.149 e. The number of hydrogen-bond donors (Lipinski definition) is 0. The predicted molar refractivity (Wildman–Crippen MR) is 60.4 cm³/mol. The van der Waals surface area contributed by atoms with Crippen LogP contribution in [0.2, 0.25) is 0 Å². The van der Waals surface area contributed by atoms with Gasteiger partial charge in [-0.3, -0.25) is 0 Å². The van der Waals surface area contributed by atoms with Gasteiger partial charge in [-0.1, -0.05) is 22.9 Å². The normalized spacial score (nSPS) is 13.2. The fourth-order valence-electron chi connectivity index (χ4n) is 1.19. The van der Waals surface area contributed by atoms with Crippen LogP contribution in [-0.2, 0) is 6.42 Å². The van der Waals surface area contributed by atoms with Crippen molar-refractivity contribution in [3.05, 3.63) is 21.9 Å². The Morgan fingerprint density at radius 3 is 2.83 bits per heavy atom. The monoisotopic (exact) mass is 246 g/mol. The van der Waals surface area contributed by atoms with Crippen LogP contribution in [0.25, 0.3) is 0 Å². The zero-order valence-corrected chi connectivity index (χ0v) is 10.0. The molecule has 68 valence electrons. The van der Waals surface area contributed by atoms with E-state index in [0.717, 1.165) is 0 Å². The van der Waals surface area contributed by atoms with Gasteiger partial charge in [-0.25, -0.2) is 0 Å². The molecule has 1 aromatic heterocycles. The third-order valence-corrected chi connectivity index (χ3v) is 4.13. The minimum absolute atomic E-state index is 0.691. The van der Waals surface area contributed by atoms with Crippen molar-refractivity contribution in [2.75, 3.05) is 0 Å². The molecule has 2 heteroatoms. The van der Waals surface area contributed by atoms with Gasteiger partial charge in [0.25, 0.3) is 0 Å². The number of halogens is 1. The first-order valence-electron chi connectivity index (χ1n) is 4.41. The van der Waals surface area contributed by atoms with Crippen molar-refractivity contribution in [1.29, 1.82) is 0 Å². The van der Waals surface area contributed by atoms with Crippen molar-refractivity contribution < 1.29 is 0 Å². The Morgan fingerprint density at radius 1 is 1.58 bits per heavy atom. The van der Waals surface area contributed by atoms with Crippen LogP contribution in [0.3, 0.4) is 0 Å². The summed E-state index contributed by atoms with van der Waals surface area (Å²) in [6.07, 6.45) is 3.70. The van der Waals surface area contributed by atoms with Crippen LogP contribution < -0.4 is 0 Å². The molecule has 0 aromatic carbocycles. The molecule has 1 atom stereocenters. The Morgan fingerprint density at radius 2 is 2.33 bits per heavy atom. The van der Waals surface area contributed by atoms with E-state index in [1.807, 2.05) is 11.3 Å². The van der Waals surface area contributed by atoms with E-state index in [-0.39, 0.29) is 0 Å². The number of hydrogen-bond acceptors (Lipinski definition) is 1. The molecule has 0 spiro atoms. The molecule has 0 saturated carbocycles. The molecule has 0 saturated heterocycles. The molecule has 0 bridgehead atoms. The molecule has 0 nitrogen and oxygen atoms in total. The van der Waals surface area contributed by atoms with E-state index in [4.69, 9.17) is 0 Å². The summed E-state index contributed by atoms with van der Waals surface area (Å²) in [5, 5.41) is 2.18. The highest BCUT2D eigenvalue weighted by atomic mass is 79.9. The van der Waals surface area contributed by atoms with E-state index >= 15 is 0 Å². The van der Waals surface area contributed by atoms with Gasteiger partial charge >= 0.3 is 0 Å². The molecule has 1 heterocycles. The van der Waals surface area contributed by atoms with Gasteiger partial charge < -0.3 is 0 Å². The molecule has 1 aromatic rings. The van der Waals surface area contributed by atoms with Crippen LogP contribution in [-0.4, -0.2) is 4.83 Å². The molecular weight excluding hydrogens is 232 g/mol. The van der Waals surface area contributed by atoms with Crippen LogP contribution in [0.4, 0.5) is 0 Å². The zero-order chi connectivity index (χ0) is 8.97. The first-order chi connectivity index (χ1) is 5.74. The molecule has 0 N–H and O–H groups in total. The summed E-state index contributed by atoms with van der Waals surface area (Å²) < 4.78 is 0. The summed E-state index contributed by atoms with van der Waals surface area (Å²) >= 11 is 5.50. The van der Waals surface area contributed by atoms with E-state index in [1.165, 1.54) is 29.7 Å². The third-order valence-electron chi connectivity index (χ3n) is 2.14. The first kappa shape index (κ1) is 10.3. The molecule has 1 rings (SSSR count). The summed E-state index contributed by atoms with van der Waals surface area (Å²) in [6.45, 7) is 4.43. The molecule has 0 radical (unpaired) electrons. The second kappa shape index (κ2) is 5.03. The van der Waals surface area contributed by atoms with Crippen molar-refractivity contribution in [3.63, 3.8) is 0 Å². The lowest BCUT2D eigenvalue weighted by Crippen LogP contribution is -1.97. The number of alkyl halides is 1. The predicted octanol–water partition coefficient (Wildman–Crippen LogP) is 4.16. The van der Waals surface area contributed by atoms with E-state index in [0.29, 0.717) is 4.83 Å². The van der Waals surface area contributed by atoms with Gasteiger partial charge in [0.1, 0.15) is 0 Å². The fourth-order valence-corrected chi connectivity index (χ4v) is 2.17. The molecule has 0 amide bonds. The average Bonchev–Trinajstić information content (AvgIpc) is 2.47. The maximum Gasteiger partial charge on any atom is 0.0146 e. The Hall–Kier alpha value is 0.180. The van der Waals surface area contributed by atoms with Crippen molar-refractivity contribution in [1.82, 2.24) is 0 Å². The van der Waals surface area contributed by atoms with E-state index in [2.05, 4.69) is 41.2 Å². The highest BCUT2D eigenvalue weighted by Crippen LogP contribution is 2.19. The lowest BCUT2D eigenvalue weighted by Gasteiger charge is -2.05. The smallest absolute Gasteiger partial charge is 0.0146 e. The third kappa shape index (κ3) is 2.91. The van der Waals surface area contributed by atoms with Crippen LogP contribution >= 0.6 is 27.3 Å². The molecule has 0 aliphatic carbocycles. The highest BCUT2D eigenvalue weighted by Gasteiger charge is 2.03. The second-order valence-corrected chi connectivity index (χ2v) is 5.46. The number of aryl methyl sites for hydroxylation is 2. The van der Waals surface area contributed by atoms with E-state index in [1.54, 1.807) is 0 Å². The Balaban J connectivity index is 2.38. The van der Waals surface area contributed by atoms with Gasteiger partial charge in [0.2, 0.25) is 0 Å². The molecule has 0 aliphatic heterocycles. The average molecular weight is 247 g/mol. The van der Waals surface area contributed by atoms with Crippen LogP contribution in [0.5, 0.6) is 0 Å². The van der Waals surface area contributed by atoms with Gasteiger partial charge in [-0.05, 0) is 43.2 Å². The van der Waals surface area contributed by atoms with Crippen molar-refractivity contribution >= 4 is 27.3 Å². The van der Waals surface area contributed by atoms with Crippen LogP contribution in [0.15, 0.2) is 11.4 Å². The first-order valence-corrected chi connectivity index (χ1v) is 6.20. The Labute approximate surface area is 87.1 Å². The minimum atomic E-state index is 0.691. The molecular formula is C10H15BrS. The molecule has 0 aliphatic rings. The topological polar surface area (TPSA) is 0 Å². The SMILES string of the molecule is CCC(Br)CCc1ccsc1C. The van der Waals surface area contributed by atoms with Gasteiger partial charge in [0.05, 0.1) is 0 Å². The second-order valence-electron chi connectivity index (χ2n) is 3.05. The summed E-state index contributed by atoms with van der Waals surface area (Å²) in [7, 11) is 0. The summed E-state index contributed by atoms with van der Waals surface area (Å²) in [5.41, 5.74) is 1.53. The lowest BCUT2D eigenvalue weighted by molar-refractivity contribution is 0.746. The molecule has 1 unspecified atom stereocenters. The Bertz CT molecular complexity index is 229. The lowest BCUT2D eigenvalue weighted by atomic mass is 10.1. The van der Waals surface area contributed by atoms with Crippen molar-refractivity contribution in [2.45, 2.75) is 37.9 Å². The Kier molecular flexibility index (Phi) is 4.30. The van der Waals surface area contributed by atoms with Gasteiger partial charge in [-0.15, -0.1) is 11.3 Å². The van der Waals surface area contributed by atoms with E-state index < -0.39 is 0 Å².